The van der Waals surface area contributed by atoms with Crippen molar-refractivity contribution in [2.45, 2.75) is 25.6 Å². The maximum Gasteiger partial charge on any atom is 0.406 e. The van der Waals surface area contributed by atoms with Gasteiger partial charge in [0.05, 0.1) is 11.8 Å². The molecule has 1 unspecified atom stereocenters. The Morgan fingerprint density at radius 2 is 2.14 bits per heavy atom. The molecule has 2 aromatic heterocycles. The molecule has 0 saturated carbocycles. The van der Waals surface area contributed by atoms with Crippen molar-refractivity contribution in [3.05, 3.63) is 27.6 Å². The summed E-state index contributed by atoms with van der Waals surface area (Å²) in [6.45, 7) is 0.517. The number of carbonyl (C=O) groups is 1. The number of hydrogen-bond donors (Lipinski definition) is 0. The predicted octanol–water partition coefficient (Wildman–Crippen LogP) is 2.10. The smallest absolute Gasteiger partial charge is 0.332 e. The van der Waals surface area contributed by atoms with Crippen LogP contribution in [0.3, 0.4) is 0 Å². The van der Waals surface area contributed by atoms with Crippen molar-refractivity contribution in [1.29, 1.82) is 0 Å². The van der Waals surface area contributed by atoms with Crippen LogP contribution in [0.1, 0.15) is 18.0 Å². The zero-order valence-electron chi connectivity index (χ0n) is 11.6. The van der Waals surface area contributed by atoms with Gasteiger partial charge in [-0.2, -0.15) is 13.2 Å². The minimum Gasteiger partial charge on any atom is -0.332 e. The minimum atomic E-state index is -4.44. The van der Waals surface area contributed by atoms with Crippen LogP contribution < -0.4 is 5.56 Å². The lowest BCUT2D eigenvalue weighted by atomic mass is 10.2. The molecule has 9 heteroatoms. The van der Waals surface area contributed by atoms with Crippen molar-refractivity contribution in [2.24, 2.45) is 0 Å². The van der Waals surface area contributed by atoms with Gasteiger partial charge in [0.25, 0.3) is 5.56 Å². The maximum absolute atomic E-state index is 12.4. The Hall–Kier alpha value is -1.90. The number of likely N-dealkylation sites (tertiary alicyclic amines) is 1. The molecule has 1 atom stereocenters. The van der Waals surface area contributed by atoms with E-state index in [1.807, 2.05) is 6.92 Å². The van der Waals surface area contributed by atoms with Gasteiger partial charge >= 0.3 is 6.18 Å². The Balaban J connectivity index is 1.94. The summed E-state index contributed by atoms with van der Waals surface area (Å²) in [5, 5.41) is 1.79. The number of hydrogen-bond acceptors (Lipinski definition) is 4. The first kappa shape index (κ1) is 15.0. The summed E-state index contributed by atoms with van der Waals surface area (Å²) >= 11 is 1.22. The lowest BCUT2D eigenvalue weighted by Gasteiger charge is -2.18. The van der Waals surface area contributed by atoms with Crippen molar-refractivity contribution < 1.29 is 18.0 Å². The van der Waals surface area contributed by atoms with Crippen LogP contribution >= 0.6 is 11.3 Å². The molecule has 1 aliphatic rings. The second-order valence-corrected chi connectivity index (χ2v) is 6.11. The quantitative estimate of drug-likeness (QED) is 0.847. The molecule has 1 amide bonds. The van der Waals surface area contributed by atoms with Crippen LogP contribution in [0.5, 0.6) is 0 Å². The molecule has 22 heavy (non-hydrogen) atoms. The van der Waals surface area contributed by atoms with E-state index in [-0.39, 0.29) is 18.5 Å². The van der Waals surface area contributed by atoms with Gasteiger partial charge in [-0.3, -0.25) is 14.2 Å². The normalized spacial score (nSPS) is 19.4. The third-order valence-electron chi connectivity index (χ3n) is 3.66. The van der Waals surface area contributed by atoms with Gasteiger partial charge in [-0.05, 0) is 24.3 Å². The topological polar surface area (TPSA) is 55.2 Å². The van der Waals surface area contributed by atoms with Crippen LogP contribution in [-0.4, -0.2) is 39.6 Å². The van der Waals surface area contributed by atoms with Crippen LogP contribution in [0.15, 0.2) is 16.5 Å². The second kappa shape index (κ2) is 5.08. The average Bonchev–Trinajstić information content (AvgIpc) is 2.95. The van der Waals surface area contributed by atoms with E-state index in [1.165, 1.54) is 17.7 Å². The number of alkyl halides is 3. The standard InChI is InChI=1S/C13H12F3N3O2S/c1-7-4-22-10-9(7)17-6-19(12(10)21)8-2-3-18(11(8)20)5-13(14,15)16/h4,6,8H,2-3,5H2,1H3. The van der Waals surface area contributed by atoms with Crippen LogP contribution in [-0.2, 0) is 4.79 Å². The summed E-state index contributed by atoms with van der Waals surface area (Å²) in [5.74, 6) is -0.686. The molecule has 118 valence electrons. The number of halogens is 3. The minimum absolute atomic E-state index is 0.0169. The van der Waals surface area contributed by atoms with Gasteiger partial charge in [0.15, 0.2) is 0 Å². The number of carbonyl (C=O) groups excluding carboxylic acids is 1. The molecule has 0 spiro atoms. The van der Waals surface area contributed by atoms with Gasteiger partial charge in [0, 0.05) is 6.54 Å². The highest BCUT2D eigenvalue weighted by Gasteiger charge is 2.40. The molecule has 0 bridgehead atoms. The van der Waals surface area contributed by atoms with Crippen molar-refractivity contribution in [2.75, 3.05) is 13.1 Å². The molecule has 5 nitrogen and oxygen atoms in total. The zero-order chi connectivity index (χ0) is 16.1. The van der Waals surface area contributed by atoms with Crippen LogP contribution in [0, 0.1) is 6.92 Å². The largest absolute Gasteiger partial charge is 0.406 e. The van der Waals surface area contributed by atoms with Gasteiger partial charge < -0.3 is 4.90 Å². The van der Waals surface area contributed by atoms with Gasteiger partial charge in [-0.15, -0.1) is 11.3 Å². The molecule has 2 aromatic rings. The summed E-state index contributed by atoms with van der Waals surface area (Å²) in [7, 11) is 0. The average molecular weight is 331 g/mol. The summed E-state index contributed by atoms with van der Waals surface area (Å²) in [4.78, 5) is 29.4. The lowest BCUT2D eigenvalue weighted by Crippen LogP contribution is -2.38. The highest BCUT2D eigenvalue weighted by atomic mass is 32.1. The Bertz CT molecular complexity index is 796. The second-order valence-electron chi connectivity index (χ2n) is 5.23. The molecule has 0 radical (unpaired) electrons. The van der Waals surface area contributed by atoms with Gasteiger partial charge in [-0.25, -0.2) is 4.98 Å². The summed E-state index contributed by atoms with van der Waals surface area (Å²) in [5.41, 5.74) is 1.06. The first-order chi connectivity index (χ1) is 10.3. The Morgan fingerprint density at radius 3 is 2.82 bits per heavy atom. The van der Waals surface area contributed by atoms with Gasteiger partial charge in [-0.1, -0.05) is 0 Å². The fourth-order valence-electron chi connectivity index (χ4n) is 2.62. The van der Waals surface area contributed by atoms with E-state index in [4.69, 9.17) is 0 Å². The van der Waals surface area contributed by atoms with Gasteiger partial charge in [0.1, 0.15) is 17.3 Å². The predicted molar refractivity (Wildman–Crippen MR) is 74.9 cm³/mol. The van der Waals surface area contributed by atoms with Crippen molar-refractivity contribution in [3.63, 3.8) is 0 Å². The fraction of sp³-hybridized carbons (Fsp3) is 0.462. The molecule has 1 saturated heterocycles. The summed E-state index contributed by atoms with van der Waals surface area (Å²) in [6.07, 6.45) is -3.01. The van der Waals surface area contributed by atoms with Crippen LogP contribution in [0.2, 0.25) is 0 Å². The molecule has 0 aromatic carbocycles. The third-order valence-corrected chi connectivity index (χ3v) is 4.73. The molecule has 3 heterocycles. The number of fused-ring (bicyclic) bond motifs is 1. The molecular weight excluding hydrogens is 319 g/mol. The molecule has 1 aliphatic heterocycles. The van der Waals surface area contributed by atoms with Crippen molar-refractivity contribution in [1.82, 2.24) is 14.5 Å². The van der Waals surface area contributed by atoms with Gasteiger partial charge in [0.2, 0.25) is 5.91 Å². The van der Waals surface area contributed by atoms with E-state index in [0.29, 0.717) is 10.2 Å². The van der Waals surface area contributed by atoms with E-state index in [0.717, 1.165) is 15.0 Å². The summed E-state index contributed by atoms with van der Waals surface area (Å²) in [6, 6.07) is -0.908. The molecule has 3 rings (SSSR count). The number of thiophene rings is 1. The molecule has 0 aliphatic carbocycles. The number of aromatic nitrogens is 2. The molecular formula is C13H12F3N3O2S. The first-order valence-corrected chi connectivity index (χ1v) is 7.46. The fourth-order valence-corrected chi connectivity index (χ4v) is 3.55. The first-order valence-electron chi connectivity index (χ1n) is 6.58. The monoisotopic (exact) mass is 331 g/mol. The van der Waals surface area contributed by atoms with E-state index in [1.54, 1.807) is 5.38 Å². The van der Waals surface area contributed by atoms with Crippen LogP contribution in [0.25, 0.3) is 10.2 Å². The van der Waals surface area contributed by atoms with Crippen LogP contribution in [0.4, 0.5) is 13.2 Å². The highest BCUT2D eigenvalue weighted by molar-refractivity contribution is 7.17. The zero-order valence-corrected chi connectivity index (χ0v) is 12.4. The number of rotatable bonds is 2. The van der Waals surface area contributed by atoms with E-state index < -0.39 is 24.7 Å². The van der Waals surface area contributed by atoms with Crippen molar-refractivity contribution >= 4 is 27.5 Å². The highest BCUT2D eigenvalue weighted by Crippen LogP contribution is 2.27. The number of aryl methyl sites for hydroxylation is 1. The van der Waals surface area contributed by atoms with E-state index in [9.17, 15) is 22.8 Å². The maximum atomic E-state index is 12.4. The Morgan fingerprint density at radius 1 is 1.41 bits per heavy atom. The molecule has 0 N–H and O–H groups in total. The number of nitrogens with zero attached hydrogens (tertiary/aromatic N) is 3. The Labute approximate surface area is 127 Å². The Kier molecular flexibility index (Phi) is 3.47. The lowest BCUT2D eigenvalue weighted by molar-refractivity contribution is -0.158. The van der Waals surface area contributed by atoms with E-state index >= 15 is 0 Å². The number of amides is 1. The van der Waals surface area contributed by atoms with E-state index in [2.05, 4.69) is 4.98 Å². The van der Waals surface area contributed by atoms with Crippen molar-refractivity contribution in [3.8, 4) is 0 Å². The summed E-state index contributed by atoms with van der Waals surface area (Å²) < 4.78 is 38.9. The molecule has 1 fully saturated rings. The SMILES string of the molecule is Cc1csc2c(=O)n(C3CCN(CC(F)(F)F)C3=O)cnc12. The third kappa shape index (κ3) is 2.49.